The van der Waals surface area contributed by atoms with Gasteiger partial charge >= 0.3 is 0 Å². The van der Waals surface area contributed by atoms with Gasteiger partial charge in [-0.1, -0.05) is 19.1 Å². The molecule has 3 rings (SSSR count). The monoisotopic (exact) mass is 313 g/mol. The van der Waals surface area contributed by atoms with E-state index in [9.17, 15) is 0 Å². The maximum absolute atomic E-state index is 5.96. The molecule has 122 valence electrons. The predicted molar refractivity (Wildman–Crippen MR) is 92.9 cm³/mol. The molecule has 0 saturated carbocycles. The van der Waals surface area contributed by atoms with Crippen LogP contribution in [0.4, 0.5) is 5.82 Å². The molecule has 0 aliphatic carbocycles. The largest absolute Gasteiger partial charge is 0.450 e. The zero-order valence-electron chi connectivity index (χ0n) is 13.9. The quantitative estimate of drug-likeness (QED) is 0.663. The van der Waals surface area contributed by atoms with E-state index in [4.69, 9.17) is 9.15 Å². The Bertz CT molecular complexity index is 795. The molecular weight excluding hydrogens is 290 g/mol. The van der Waals surface area contributed by atoms with Gasteiger partial charge in [0.05, 0.1) is 6.10 Å². The van der Waals surface area contributed by atoms with Gasteiger partial charge < -0.3 is 14.5 Å². The first-order valence-corrected chi connectivity index (χ1v) is 8.22. The van der Waals surface area contributed by atoms with Crippen LogP contribution in [-0.4, -0.2) is 29.2 Å². The Hall–Kier alpha value is -2.14. The van der Waals surface area contributed by atoms with E-state index < -0.39 is 0 Å². The van der Waals surface area contributed by atoms with Crippen molar-refractivity contribution >= 4 is 27.9 Å². The highest BCUT2D eigenvalue weighted by Gasteiger charge is 2.14. The van der Waals surface area contributed by atoms with Crippen molar-refractivity contribution in [3.05, 3.63) is 30.1 Å². The Morgan fingerprint density at radius 2 is 2.04 bits per heavy atom. The van der Waals surface area contributed by atoms with E-state index in [0.29, 0.717) is 0 Å². The number of anilines is 1. The van der Waals surface area contributed by atoms with Crippen LogP contribution in [-0.2, 0) is 11.2 Å². The first kappa shape index (κ1) is 15.7. The van der Waals surface area contributed by atoms with E-state index in [1.54, 1.807) is 0 Å². The van der Waals surface area contributed by atoms with Crippen molar-refractivity contribution < 1.29 is 9.15 Å². The minimum Gasteiger partial charge on any atom is -0.450 e. The average molecular weight is 313 g/mol. The molecule has 0 unspecified atom stereocenters. The van der Waals surface area contributed by atoms with Gasteiger partial charge in [-0.3, -0.25) is 0 Å². The van der Waals surface area contributed by atoms with Gasteiger partial charge in [0.1, 0.15) is 16.9 Å². The molecule has 0 aliphatic rings. The molecule has 3 aromatic rings. The van der Waals surface area contributed by atoms with Gasteiger partial charge in [-0.15, -0.1) is 0 Å². The fourth-order valence-corrected chi connectivity index (χ4v) is 2.51. The lowest BCUT2D eigenvalue weighted by Gasteiger charge is -2.09. The molecule has 0 fully saturated rings. The molecule has 0 aliphatic heterocycles. The Labute approximate surface area is 136 Å². The third kappa shape index (κ3) is 3.45. The molecular formula is C18H23N3O2. The van der Waals surface area contributed by atoms with Crippen LogP contribution < -0.4 is 5.32 Å². The predicted octanol–water partition coefficient (Wildman–Crippen LogP) is 4.17. The molecule has 0 saturated heterocycles. The standard InChI is InChI=1S/C18H23N3O2/c1-4-15-20-16-13-8-5-6-9-14(13)23-17(16)18(21-15)19-10-7-11-22-12(2)3/h5-6,8-9,12H,4,7,10-11H2,1-3H3,(H,19,20,21). The summed E-state index contributed by atoms with van der Waals surface area (Å²) in [4.78, 5) is 9.23. The van der Waals surface area contributed by atoms with Crippen molar-refractivity contribution in [3.63, 3.8) is 0 Å². The highest BCUT2D eigenvalue weighted by molar-refractivity contribution is 6.05. The van der Waals surface area contributed by atoms with Crippen LogP contribution in [0.3, 0.4) is 0 Å². The summed E-state index contributed by atoms with van der Waals surface area (Å²) in [5.41, 5.74) is 2.46. The molecule has 5 nitrogen and oxygen atoms in total. The van der Waals surface area contributed by atoms with Crippen molar-refractivity contribution in [1.29, 1.82) is 0 Å². The van der Waals surface area contributed by atoms with E-state index in [1.807, 2.05) is 38.1 Å². The number of aromatic nitrogens is 2. The van der Waals surface area contributed by atoms with Crippen LogP contribution in [0.2, 0.25) is 0 Å². The Balaban J connectivity index is 1.86. The fourth-order valence-electron chi connectivity index (χ4n) is 2.51. The second kappa shape index (κ2) is 6.96. The average Bonchev–Trinajstić information content (AvgIpc) is 2.93. The topological polar surface area (TPSA) is 60.2 Å². The summed E-state index contributed by atoms with van der Waals surface area (Å²) in [7, 11) is 0. The number of hydrogen-bond acceptors (Lipinski definition) is 5. The highest BCUT2D eigenvalue weighted by Crippen LogP contribution is 2.31. The Kier molecular flexibility index (Phi) is 4.76. The lowest BCUT2D eigenvalue weighted by molar-refractivity contribution is 0.0787. The second-order valence-electron chi connectivity index (χ2n) is 5.82. The van der Waals surface area contributed by atoms with Crippen LogP contribution in [0.1, 0.15) is 33.0 Å². The highest BCUT2D eigenvalue weighted by atomic mass is 16.5. The maximum Gasteiger partial charge on any atom is 0.196 e. The summed E-state index contributed by atoms with van der Waals surface area (Å²) in [6.07, 6.45) is 1.98. The van der Waals surface area contributed by atoms with E-state index in [-0.39, 0.29) is 6.10 Å². The van der Waals surface area contributed by atoms with Gasteiger partial charge in [0.25, 0.3) is 0 Å². The number of aryl methyl sites for hydroxylation is 1. The number of furan rings is 1. The summed E-state index contributed by atoms with van der Waals surface area (Å²) in [5, 5.41) is 4.41. The van der Waals surface area contributed by atoms with Gasteiger partial charge in [-0.2, -0.15) is 0 Å². The number of hydrogen-bond donors (Lipinski definition) is 1. The van der Waals surface area contributed by atoms with Crippen molar-refractivity contribution in [2.24, 2.45) is 0 Å². The molecule has 0 bridgehead atoms. The molecule has 1 N–H and O–H groups in total. The summed E-state index contributed by atoms with van der Waals surface area (Å²) in [6.45, 7) is 7.68. The molecule has 0 radical (unpaired) electrons. The SMILES string of the molecule is CCc1nc(NCCCOC(C)C)c2oc3ccccc3c2n1. The van der Waals surface area contributed by atoms with Crippen LogP contribution in [0.15, 0.2) is 28.7 Å². The first-order chi connectivity index (χ1) is 11.2. The molecule has 23 heavy (non-hydrogen) atoms. The zero-order valence-corrected chi connectivity index (χ0v) is 13.9. The van der Waals surface area contributed by atoms with E-state index >= 15 is 0 Å². The summed E-state index contributed by atoms with van der Waals surface area (Å²) in [5.74, 6) is 1.59. The van der Waals surface area contributed by atoms with Crippen LogP contribution >= 0.6 is 0 Å². The van der Waals surface area contributed by atoms with Gasteiger partial charge in [-0.25, -0.2) is 9.97 Å². The number of nitrogens with one attached hydrogen (secondary N) is 1. The molecule has 1 aromatic carbocycles. The van der Waals surface area contributed by atoms with Crippen molar-refractivity contribution in [3.8, 4) is 0 Å². The normalized spacial score (nSPS) is 11.7. The number of benzene rings is 1. The third-order valence-corrected chi connectivity index (χ3v) is 3.65. The van der Waals surface area contributed by atoms with E-state index in [0.717, 1.165) is 59.7 Å². The molecule has 0 amide bonds. The van der Waals surface area contributed by atoms with E-state index in [1.165, 1.54) is 0 Å². The minimum atomic E-state index is 0.267. The number of rotatable bonds is 7. The van der Waals surface area contributed by atoms with E-state index in [2.05, 4.69) is 22.2 Å². The van der Waals surface area contributed by atoms with Gasteiger partial charge in [0.2, 0.25) is 0 Å². The van der Waals surface area contributed by atoms with Gasteiger partial charge in [-0.05, 0) is 32.4 Å². The van der Waals surface area contributed by atoms with Crippen LogP contribution in [0, 0.1) is 0 Å². The van der Waals surface area contributed by atoms with Crippen molar-refractivity contribution in [2.45, 2.75) is 39.7 Å². The lowest BCUT2D eigenvalue weighted by Crippen LogP contribution is -2.11. The Morgan fingerprint density at radius 3 is 2.83 bits per heavy atom. The molecule has 0 atom stereocenters. The van der Waals surface area contributed by atoms with Gasteiger partial charge in [0.15, 0.2) is 11.4 Å². The first-order valence-electron chi connectivity index (χ1n) is 8.22. The van der Waals surface area contributed by atoms with Crippen LogP contribution in [0.25, 0.3) is 22.1 Å². The lowest BCUT2D eigenvalue weighted by atomic mass is 10.2. The molecule has 2 heterocycles. The molecule has 0 spiro atoms. The summed E-state index contributed by atoms with van der Waals surface area (Å²) < 4.78 is 11.5. The molecule has 5 heteroatoms. The Morgan fingerprint density at radius 1 is 1.22 bits per heavy atom. The smallest absolute Gasteiger partial charge is 0.196 e. The van der Waals surface area contributed by atoms with Crippen molar-refractivity contribution in [2.75, 3.05) is 18.5 Å². The minimum absolute atomic E-state index is 0.267. The maximum atomic E-state index is 5.96. The van der Waals surface area contributed by atoms with Gasteiger partial charge in [0, 0.05) is 25.0 Å². The fraction of sp³-hybridized carbons (Fsp3) is 0.444. The number of fused-ring (bicyclic) bond motifs is 3. The van der Waals surface area contributed by atoms with Crippen LogP contribution in [0.5, 0.6) is 0 Å². The summed E-state index contributed by atoms with van der Waals surface area (Å²) in [6, 6.07) is 7.97. The third-order valence-electron chi connectivity index (χ3n) is 3.65. The summed E-state index contributed by atoms with van der Waals surface area (Å²) >= 11 is 0. The zero-order chi connectivity index (χ0) is 16.2. The second-order valence-corrected chi connectivity index (χ2v) is 5.82. The number of para-hydroxylation sites is 1. The molecule has 2 aromatic heterocycles. The van der Waals surface area contributed by atoms with Crippen molar-refractivity contribution in [1.82, 2.24) is 9.97 Å². The number of ether oxygens (including phenoxy) is 1. The number of nitrogens with zero attached hydrogens (tertiary/aromatic N) is 2.